The van der Waals surface area contributed by atoms with Crippen molar-refractivity contribution < 1.29 is 0 Å². The lowest BCUT2D eigenvalue weighted by Crippen LogP contribution is -2.05. The van der Waals surface area contributed by atoms with Crippen LogP contribution in [0.1, 0.15) is 0 Å². The van der Waals surface area contributed by atoms with Crippen LogP contribution in [0, 0.1) is 0 Å². The smallest absolute Gasteiger partial charge is 0.0787 e. The van der Waals surface area contributed by atoms with E-state index in [0.717, 1.165) is 44.1 Å². The molecule has 0 unspecified atom stereocenters. The van der Waals surface area contributed by atoms with Gasteiger partial charge in [0.05, 0.1) is 16.6 Å². The van der Waals surface area contributed by atoms with Gasteiger partial charge in [-0.1, -0.05) is 121 Å². The lowest BCUT2D eigenvalue weighted by Gasteiger charge is -2.19. The van der Waals surface area contributed by atoms with Crippen molar-refractivity contribution in [1.82, 2.24) is 14.1 Å². The van der Waals surface area contributed by atoms with Crippen LogP contribution in [0.25, 0.3) is 96.9 Å². The second-order valence-corrected chi connectivity index (χ2v) is 14.6. The summed E-state index contributed by atoms with van der Waals surface area (Å²) in [6, 6.07) is 61.6. The van der Waals surface area contributed by atoms with Gasteiger partial charge in [0.15, 0.2) is 0 Å². The summed E-state index contributed by atoms with van der Waals surface area (Å²) in [4.78, 5) is 5.19. The highest BCUT2D eigenvalue weighted by atomic mass is 32.1. The zero-order valence-electron chi connectivity index (χ0n) is 28.6. The van der Waals surface area contributed by atoms with Crippen molar-refractivity contribution in [2.75, 3.05) is 0 Å². The first-order valence-electron chi connectivity index (χ1n) is 18.0. The molecule has 3 nitrogen and oxygen atoms in total. The molecule has 0 amide bonds. The van der Waals surface area contributed by atoms with Gasteiger partial charge in [0.1, 0.15) is 0 Å². The third kappa shape index (κ3) is 4.63. The number of hydrogen-bond acceptors (Lipinski definition) is 2. The second-order valence-electron chi connectivity index (χ2n) is 13.5. The monoisotopic (exact) mass is 693 g/mol. The number of benzene rings is 7. The van der Waals surface area contributed by atoms with Gasteiger partial charge in [-0.2, -0.15) is 0 Å². The average Bonchev–Trinajstić information content (AvgIpc) is 3.62. The maximum atomic E-state index is 5.19. The Balaban J connectivity index is 1.36. The van der Waals surface area contributed by atoms with Crippen LogP contribution in [-0.4, -0.2) is 14.1 Å². The fourth-order valence-corrected chi connectivity index (χ4v) is 9.56. The standard InChI is InChI=1S/C49H31N3S/c1-3-14-32(15-4-1)51-28-29-52(33-16-5-2-6-17-33)45-31-43-42(30-44(45)51)34-18-7-8-20-36(34)47-37(39-25-13-27-50-48(39)43)21-11-22-38(47)41-24-12-23-40-35-19-9-10-26-46(35)53-49(40)41/h1-31H. The summed E-state index contributed by atoms with van der Waals surface area (Å²) in [5.41, 5.74) is 7.89. The lowest BCUT2D eigenvalue weighted by molar-refractivity contribution is 1.01. The van der Waals surface area contributed by atoms with Gasteiger partial charge < -0.3 is 9.13 Å². The third-order valence-corrected chi connectivity index (χ3v) is 11.9. The van der Waals surface area contributed by atoms with Gasteiger partial charge >= 0.3 is 0 Å². The first-order chi connectivity index (χ1) is 26.3. The Kier molecular flexibility index (Phi) is 6.73. The summed E-state index contributed by atoms with van der Waals surface area (Å²) >= 11 is 1.88. The number of fused-ring (bicyclic) bond motifs is 12. The molecule has 0 bridgehead atoms. The Labute approximate surface area is 309 Å². The van der Waals surface area contributed by atoms with Crippen LogP contribution in [0.5, 0.6) is 0 Å². The van der Waals surface area contributed by atoms with Crippen LogP contribution in [0.15, 0.2) is 188 Å². The highest BCUT2D eigenvalue weighted by Gasteiger charge is 2.18. The summed E-state index contributed by atoms with van der Waals surface area (Å²) in [7, 11) is 0. The van der Waals surface area contributed by atoms with Crippen molar-refractivity contribution in [3.63, 3.8) is 0 Å². The number of aromatic nitrogens is 3. The van der Waals surface area contributed by atoms with Crippen molar-refractivity contribution in [3.8, 4) is 22.5 Å². The van der Waals surface area contributed by atoms with E-state index in [1.54, 1.807) is 0 Å². The average molecular weight is 694 g/mol. The maximum Gasteiger partial charge on any atom is 0.0787 e. The highest BCUT2D eigenvalue weighted by Crippen LogP contribution is 2.45. The molecule has 8 aromatic carbocycles. The molecule has 0 fully saturated rings. The van der Waals surface area contributed by atoms with E-state index in [1.165, 1.54) is 52.8 Å². The minimum Gasteiger partial charge on any atom is -0.314 e. The zero-order valence-corrected chi connectivity index (χ0v) is 29.5. The molecule has 248 valence electrons. The Morgan fingerprint density at radius 1 is 0.396 bits per heavy atom. The molecular formula is C49H31N3S. The largest absolute Gasteiger partial charge is 0.314 e. The lowest BCUT2D eigenvalue weighted by atomic mass is 9.91. The van der Waals surface area contributed by atoms with Crippen molar-refractivity contribution in [2.24, 2.45) is 0 Å². The van der Waals surface area contributed by atoms with Crippen LogP contribution in [0.2, 0.25) is 0 Å². The molecule has 11 aromatic rings. The summed E-state index contributed by atoms with van der Waals surface area (Å²) in [6.45, 7) is 0. The summed E-state index contributed by atoms with van der Waals surface area (Å²) in [5.74, 6) is 0. The minimum atomic E-state index is 0.979. The molecule has 4 heteroatoms. The van der Waals surface area contributed by atoms with Crippen LogP contribution < -0.4 is 0 Å². The topological polar surface area (TPSA) is 22.8 Å². The molecule has 0 N–H and O–H groups in total. The predicted molar refractivity (Wildman–Crippen MR) is 226 cm³/mol. The van der Waals surface area contributed by atoms with Gasteiger partial charge in [-0.05, 0) is 81.0 Å². The molecule has 0 saturated heterocycles. The Morgan fingerprint density at radius 3 is 1.68 bits per heavy atom. The number of hydrogen-bond donors (Lipinski definition) is 0. The Morgan fingerprint density at radius 2 is 0.943 bits per heavy atom. The predicted octanol–water partition coefficient (Wildman–Crippen LogP) is 13.6. The second kappa shape index (κ2) is 11.9. The first kappa shape index (κ1) is 29.9. The van der Waals surface area contributed by atoms with E-state index in [0.29, 0.717) is 0 Å². The number of nitrogens with zero attached hydrogens (tertiary/aromatic N) is 3. The van der Waals surface area contributed by atoms with E-state index in [2.05, 4.69) is 191 Å². The Hall–Kier alpha value is -6.75. The van der Waals surface area contributed by atoms with Crippen molar-refractivity contribution in [2.45, 2.75) is 0 Å². The van der Waals surface area contributed by atoms with Gasteiger partial charge in [0.25, 0.3) is 0 Å². The van der Waals surface area contributed by atoms with Crippen molar-refractivity contribution >= 4 is 85.8 Å². The molecule has 3 heterocycles. The number of pyridine rings is 1. The molecule has 0 saturated carbocycles. The molecule has 11 rings (SSSR count). The molecule has 0 radical (unpaired) electrons. The molecule has 0 aliphatic rings. The van der Waals surface area contributed by atoms with Crippen LogP contribution in [0.4, 0.5) is 0 Å². The highest BCUT2D eigenvalue weighted by molar-refractivity contribution is 7.26. The van der Waals surface area contributed by atoms with E-state index in [4.69, 9.17) is 4.98 Å². The van der Waals surface area contributed by atoms with Gasteiger partial charge in [-0.3, -0.25) is 4.98 Å². The molecule has 0 spiro atoms. The maximum absolute atomic E-state index is 5.19. The molecule has 0 aliphatic carbocycles. The van der Waals surface area contributed by atoms with Crippen molar-refractivity contribution in [3.05, 3.63) is 188 Å². The van der Waals surface area contributed by atoms with Gasteiger partial charge in [0, 0.05) is 66.5 Å². The fraction of sp³-hybridized carbons (Fsp3) is 0. The van der Waals surface area contributed by atoms with Crippen LogP contribution in [0.3, 0.4) is 0 Å². The Bertz CT molecular complexity index is 3280. The van der Waals surface area contributed by atoms with Crippen LogP contribution >= 0.6 is 11.3 Å². The molecule has 0 atom stereocenters. The summed E-state index contributed by atoms with van der Waals surface area (Å²) in [5, 5.41) is 10.8. The number of para-hydroxylation sites is 2. The SMILES string of the molecule is c1ccc(-n2ccn(-c3ccccc3)c3cc4c(cc32)c2ccccc2c2c(-c3cccc5c3sc3ccccc35)cccc2c2cccnc42)cc1. The van der Waals surface area contributed by atoms with Crippen LogP contribution in [-0.2, 0) is 0 Å². The molecule has 0 aliphatic heterocycles. The quantitative estimate of drug-likeness (QED) is 0.181. The zero-order chi connectivity index (χ0) is 34.9. The minimum absolute atomic E-state index is 0.979. The van der Waals surface area contributed by atoms with Gasteiger partial charge in [-0.25, -0.2) is 0 Å². The van der Waals surface area contributed by atoms with Crippen molar-refractivity contribution in [1.29, 1.82) is 0 Å². The van der Waals surface area contributed by atoms with E-state index in [1.807, 2.05) is 17.5 Å². The molecule has 53 heavy (non-hydrogen) atoms. The fourth-order valence-electron chi connectivity index (χ4n) is 8.33. The van der Waals surface area contributed by atoms with Gasteiger partial charge in [-0.15, -0.1) is 11.3 Å². The van der Waals surface area contributed by atoms with Gasteiger partial charge in [0.2, 0.25) is 0 Å². The van der Waals surface area contributed by atoms with E-state index >= 15 is 0 Å². The third-order valence-electron chi connectivity index (χ3n) is 10.7. The van der Waals surface area contributed by atoms with E-state index < -0.39 is 0 Å². The number of thiophene rings is 1. The summed E-state index contributed by atoms with van der Waals surface area (Å²) < 4.78 is 7.22. The van der Waals surface area contributed by atoms with E-state index in [-0.39, 0.29) is 0 Å². The normalized spacial score (nSPS) is 11.8. The summed E-state index contributed by atoms with van der Waals surface area (Å²) in [6.07, 6.45) is 6.28. The molecular weight excluding hydrogens is 663 g/mol. The first-order valence-corrected chi connectivity index (χ1v) is 18.8. The molecule has 3 aromatic heterocycles. The number of rotatable bonds is 3. The van der Waals surface area contributed by atoms with E-state index in [9.17, 15) is 0 Å².